The van der Waals surface area contributed by atoms with Gasteiger partial charge in [0.05, 0.1) is 0 Å². The second kappa shape index (κ2) is 4.43. The molecule has 0 aromatic heterocycles. The van der Waals surface area contributed by atoms with Crippen LogP contribution in [0.3, 0.4) is 0 Å². The molecule has 0 aliphatic rings. The average molecular weight is 199 g/mol. The van der Waals surface area contributed by atoms with E-state index in [4.69, 9.17) is 11.6 Å². The molecule has 0 radical (unpaired) electrons. The van der Waals surface area contributed by atoms with Crippen LogP contribution in [-0.2, 0) is 6.42 Å². The summed E-state index contributed by atoms with van der Waals surface area (Å²) in [5.74, 6) is -0.185. The van der Waals surface area contributed by atoms with Crippen molar-refractivity contribution in [2.75, 3.05) is 0 Å². The molecule has 0 bridgehead atoms. The molecule has 1 aromatic carbocycles. The molecule has 0 unspecified atom stereocenters. The van der Waals surface area contributed by atoms with E-state index in [-0.39, 0.29) is 5.82 Å². The molecule has 0 atom stereocenters. The lowest BCUT2D eigenvalue weighted by molar-refractivity contribution is 0.624. The summed E-state index contributed by atoms with van der Waals surface area (Å²) in [6.45, 7) is 5.46. The molecular formula is C11H12ClF. The lowest BCUT2D eigenvalue weighted by Crippen LogP contribution is -1.88. The van der Waals surface area contributed by atoms with Gasteiger partial charge in [-0.05, 0) is 43.0 Å². The number of benzene rings is 1. The number of aryl methyl sites for hydroxylation is 2. The second-order valence-corrected chi connectivity index (χ2v) is 3.69. The van der Waals surface area contributed by atoms with Crippen molar-refractivity contribution in [1.29, 1.82) is 0 Å². The highest BCUT2D eigenvalue weighted by Gasteiger charge is 1.98. The summed E-state index contributed by atoms with van der Waals surface area (Å²) in [6.07, 6.45) is 1.45. The van der Waals surface area contributed by atoms with E-state index >= 15 is 0 Å². The Kier molecular flexibility index (Phi) is 3.49. The van der Waals surface area contributed by atoms with Gasteiger partial charge in [-0.25, -0.2) is 4.39 Å². The van der Waals surface area contributed by atoms with E-state index in [0.29, 0.717) is 11.5 Å². The van der Waals surface area contributed by atoms with Crippen LogP contribution in [0.15, 0.2) is 29.8 Å². The summed E-state index contributed by atoms with van der Waals surface area (Å²) in [4.78, 5) is 0. The molecule has 2 heteroatoms. The molecule has 0 fully saturated rings. The van der Waals surface area contributed by atoms with Gasteiger partial charge in [0.2, 0.25) is 0 Å². The maximum absolute atomic E-state index is 12.9. The van der Waals surface area contributed by atoms with Gasteiger partial charge in [0.15, 0.2) is 0 Å². The van der Waals surface area contributed by atoms with E-state index in [1.54, 1.807) is 0 Å². The van der Waals surface area contributed by atoms with Gasteiger partial charge in [0, 0.05) is 5.03 Å². The third-order valence-corrected chi connectivity index (χ3v) is 1.98. The number of hydrogen-bond donors (Lipinski definition) is 0. The molecule has 0 amide bonds. The van der Waals surface area contributed by atoms with Crippen LogP contribution in [0, 0.1) is 12.7 Å². The standard InChI is InChI=1S/C11H12ClF/c1-8-5-10(4-3-9(2)12)7-11(13)6-8/h5-7H,2-4H2,1H3. The zero-order valence-electron chi connectivity index (χ0n) is 7.61. The van der Waals surface area contributed by atoms with E-state index < -0.39 is 0 Å². The van der Waals surface area contributed by atoms with Gasteiger partial charge in [-0.1, -0.05) is 24.2 Å². The summed E-state index contributed by atoms with van der Waals surface area (Å²) in [5.41, 5.74) is 1.91. The SMILES string of the molecule is C=C(Cl)CCc1cc(C)cc(F)c1. The van der Waals surface area contributed by atoms with Crippen molar-refractivity contribution in [1.82, 2.24) is 0 Å². The molecule has 13 heavy (non-hydrogen) atoms. The monoisotopic (exact) mass is 198 g/mol. The van der Waals surface area contributed by atoms with Crippen LogP contribution < -0.4 is 0 Å². The topological polar surface area (TPSA) is 0 Å². The van der Waals surface area contributed by atoms with Crippen LogP contribution in [0.25, 0.3) is 0 Å². The molecule has 0 aliphatic heterocycles. The summed E-state index contributed by atoms with van der Waals surface area (Å²) >= 11 is 5.62. The number of rotatable bonds is 3. The molecule has 1 aromatic rings. The first-order chi connectivity index (χ1) is 6.08. The number of allylic oxidation sites excluding steroid dienone is 1. The Balaban J connectivity index is 2.71. The summed E-state index contributed by atoms with van der Waals surface area (Å²) in [6, 6.07) is 5.01. The van der Waals surface area contributed by atoms with E-state index in [1.807, 2.05) is 13.0 Å². The maximum Gasteiger partial charge on any atom is 0.123 e. The van der Waals surface area contributed by atoms with Crippen molar-refractivity contribution in [2.45, 2.75) is 19.8 Å². The van der Waals surface area contributed by atoms with Crippen molar-refractivity contribution in [3.05, 3.63) is 46.8 Å². The predicted octanol–water partition coefficient (Wildman–Crippen LogP) is 3.82. The summed E-state index contributed by atoms with van der Waals surface area (Å²) < 4.78 is 12.9. The predicted molar refractivity (Wildman–Crippen MR) is 54.5 cm³/mol. The molecule has 0 N–H and O–H groups in total. The Bertz CT molecular complexity index is 298. The minimum atomic E-state index is -0.185. The summed E-state index contributed by atoms with van der Waals surface area (Å²) in [5, 5.41) is 0.613. The Hall–Kier alpha value is -0.820. The van der Waals surface area contributed by atoms with Crippen molar-refractivity contribution in [3.63, 3.8) is 0 Å². The van der Waals surface area contributed by atoms with Gasteiger partial charge < -0.3 is 0 Å². The largest absolute Gasteiger partial charge is 0.207 e. The fourth-order valence-corrected chi connectivity index (χ4v) is 1.33. The minimum Gasteiger partial charge on any atom is -0.207 e. The van der Waals surface area contributed by atoms with Gasteiger partial charge >= 0.3 is 0 Å². The highest BCUT2D eigenvalue weighted by atomic mass is 35.5. The van der Waals surface area contributed by atoms with E-state index in [9.17, 15) is 4.39 Å². The fourth-order valence-electron chi connectivity index (χ4n) is 1.24. The number of hydrogen-bond acceptors (Lipinski definition) is 0. The Morgan fingerprint density at radius 1 is 1.46 bits per heavy atom. The van der Waals surface area contributed by atoms with Crippen LogP contribution in [0.1, 0.15) is 17.5 Å². The van der Waals surface area contributed by atoms with Crippen molar-refractivity contribution >= 4 is 11.6 Å². The molecule has 0 saturated heterocycles. The first kappa shape index (κ1) is 10.3. The first-order valence-electron chi connectivity index (χ1n) is 4.17. The molecule has 0 nitrogen and oxygen atoms in total. The summed E-state index contributed by atoms with van der Waals surface area (Å²) in [7, 11) is 0. The highest BCUT2D eigenvalue weighted by molar-refractivity contribution is 6.29. The van der Waals surface area contributed by atoms with Crippen LogP contribution >= 0.6 is 11.6 Å². The zero-order chi connectivity index (χ0) is 9.84. The molecule has 0 saturated carbocycles. The lowest BCUT2D eigenvalue weighted by Gasteiger charge is -2.02. The first-order valence-corrected chi connectivity index (χ1v) is 4.55. The highest BCUT2D eigenvalue weighted by Crippen LogP contribution is 2.13. The van der Waals surface area contributed by atoms with E-state index in [0.717, 1.165) is 17.5 Å². The molecule has 0 heterocycles. The van der Waals surface area contributed by atoms with Crippen LogP contribution in [0.4, 0.5) is 4.39 Å². The minimum absolute atomic E-state index is 0.185. The smallest absolute Gasteiger partial charge is 0.123 e. The van der Waals surface area contributed by atoms with Crippen molar-refractivity contribution < 1.29 is 4.39 Å². The van der Waals surface area contributed by atoms with Crippen LogP contribution in [0.5, 0.6) is 0 Å². The normalized spacial score (nSPS) is 10.1. The molecule has 0 spiro atoms. The van der Waals surface area contributed by atoms with Gasteiger partial charge in [-0.2, -0.15) is 0 Å². The average Bonchev–Trinajstić information content (AvgIpc) is 1.99. The van der Waals surface area contributed by atoms with Crippen LogP contribution in [0.2, 0.25) is 0 Å². The number of halogens is 2. The Morgan fingerprint density at radius 3 is 2.69 bits per heavy atom. The second-order valence-electron chi connectivity index (χ2n) is 3.15. The van der Waals surface area contributed by atoms with Gasteiger partial charge in [0.25, 0.3) is 0 Å². The third kappa shape index (κ3) is 3.60. The zero-order valence-corrected chi connectivity index (χ0v) is 8.37. The molecular weight excluding hydrogens is 187 g/mol. The maximum atomic E-state index is 12.9. The third-order valence-electron chi connectivity index (χ3n) is 1.79. The van der Waals surface area contributed by atoms with Crippen molar-refractivity contribution in [2.24, 2.45) is 0 Å². The van der Waals surface area contributed by atoms with Crippen LogP contribution in [-0.4, -0.2) is 0 Å². The Morgan fingerprint density at radius 2 is 2.15 bits per heavy atom. The molecule has 1 rings (SSSR count). The quantitative estimate of drug-likeness (QED) is 0.693. The Labute approximate surface area is 83.0 Å². The molecule has 0 aliphatic carbocycles. The van der Waals surface area contributed by atoms with E-state index in [2.05, 4.69) is 6.58 Å². The van der Waals surface area contributed by atoms with Gasteiger partial charge in [-0.15, -0.1) is 0 Å². The fraction of sp³-hybridized carbons (Fsp3) is 0.273. The van der Waals surface area contributed by atoms with Gasteiger partial charge in [0.1, 0.15) is 5.82 Å². The van der Waals surface area contributed by atoms with Gasteiger partial charge in [-0.3, -0.25) is 0 Å². The van der Waals surface area contributed by atoms with E-state index in [1.165, 1.54) is 12.1 Å². The lowest BCUT2D eigenvalue weighted by atomic mass is 10.1. The molecule has 70 valence electrons. The van der Waals surface area contributed by atoms with Crippen molar-refractivity contribution in [3.8, 4) is 0 Å².